The highest BCUT2D eigenvalue weighted by Gasteiger charge is 2.64. The van der Waals surface area contributed by atoms with E-state index in [0.717, 1.165) is 6.42 Å². The highest BCUT2D eigenvalue weighted by molar-refractivity contribution is 5.78. The molecule has 0 spiro atoms. The molecular formula is C13H24O3. The van der Waals surface area contributed by atoms with Crippen LogP contribution < -0.4 is 0 Å². The molecule has 2 atom stereocenters. The van der Waals surface area contributed by atoms with Crippen LogP contribution >= 0.6 is 0 Å². The van der Waals surface area contributed by atoms with Gasteiger partial charge in [-0.15, -0.1) is 0 Å². The fourth-order valence-electron chi connectivity index (χ4n) is 1.94. The number of esters is 1. The van der Waals surface area contributed by atoms with Crippen molar-refractivity contribution in [3.8, 4) is 0 Å². The Morgan fingerprint density at radius 2 is 1.88 bits per heavy atom. The van der Waals surface area contributed by atoms with Crippen LogP contribution in [0.5, 0.6) is 0 Å². The van der Waals surface area contributed by atoms with Gasteiger partial charge in [0.2, 0.25) is 0 Å². The number of carbonyl (C=O) groups is 1. The lowest BCUT2D eigenvalue weighted by Crippen LogP contribution is -2.26. The van der Waals surface area contributed by atoms with Crippen molar-refractivity contribution in [2.45, 2.75) is 59.7 Å². The second-order valence-electron chi connectivity index (χ2n) is 6.12. The summed E-state index contributed by atoms with van der Waals surface area (Å²) in [5, 5.41) is 0. The quantitative estimate of drug-likeness (QED) is 0.694. The van der Waals surface area contributed by atoms with Crippen LogP contribution in [-0.2, 0) is 14.3 Å². The van der Waals surface area contributed by atoms with E-state index in [1.165, 1.54) is 0 Å². The Bertz CT molecular complexity index is 263. The van der Waals surface area contributed by atoms with E-state index in [1.807, 2.05) is 20.8 Å². The van der Waals surface area contributed by atoms with Gasteiger partial charge in [0.15, 0.2) is 0 Å². The smallest absolute Gasteiger partial charge is 0.312 e. The molecule has 1 rings (SSSR count). The zero-order valence-corrected chi connectivity index (χ0v) is 11.3. The van der Waals surface area contributed by atoms with Crippen molar-refractivity contribution in [3.05, 3.63) is 0 Å². The Morgan fingerprint density at radius 3 is 2.31 bits per heavy atom. The minimum Gasteiger partial charge on any atom is -0.460 e. The first-order valence-electron chi connectivity index (χ1n) is 6.04. The van der Waals surface area contributed by atoms with Gasteiger partial charge in [0, 0.05) is 12.0 Å². The molecule has 2 unspecified atom stereocenters. The molecule has 1 fully saturated rings. The second kappa shape index (κ2) is 4.36. The first-order chi connectivity index (χ1) is 7.20. The zero-order chi connectivity index (χ0) is 12.6. The van der Waals surface area contributed by atoms with Gasteiger partial charge in [-0.2, -0.15) is 0 Å². The SMILES string of the molecule is CCCOC1C(C(=O)OC(C)(C)C)C1(C)C. The van der Waals surface area contributed by atoms with Gasteiger partial charge in [-0.25, -0.2) is 0 Å². The van der Waals surface area contributed by atoms with Crippen LogP contribution in [0.3, 0.4) is 0 Å². The van der Waals surface area contributed by atoms with Crippen LogP contribution in [0.1, 0.15) is 48.0 Å². The van der Waals surface area contributed by atoms with Gasteiger partial charge in [0.25, 0.3) is 0 Å². The van der Waals surface area contributed by atoms with Gasteiger partial charge >= 0.3 is 5.97 Å². The molecule has 94 valence electrons. The third-order valence-corrected chi connectivity index (χ3v) is 2.89. The molecule has 0 N–H and O–H groups in total. The van der Waals surface area contributed by atoms with E-state index in [1.54, 1.807) is 0 Å². The zero-order valence-electron chi connectivity index (χ0n) is 11.3. The Balaban J connectivity index is 2.52. The minimum atomic E-state index is -0.412. The number of carbonyl (C=O) groups excluding carboxylic acids is 1. The van der Waals surface area contributed by atoms with E-state index >= 15 is 0 Å². The summed E-state index contributed by atoms with van der Waals surface area (Å²) >= 11 is 0. The molecule has 0 amide bonds. The topological polar surface area (TPSA) is 35.5 Å². The molecule has 16 heavy (non-hydrogen) atoms. The van der Waals surface area contributed by atoms with Crippen LogP contribution in [0.25, 0.3) is 0 Å². The van der Waals surface area contributed by atoms with Crippen LogP contribution in [0.15, 0.2) is 0 Å². The van der Waals surface area contributed by atoms with Crippen LogP contribution in [-0.4, -0.2) is 24.3 Å². The fraction of sp³-hybridized carbons (Fsp3) is 0.923. The largest absolute Gasteiger partial charge is 0.460 e. The Hall–Kier alpha value is -0.570. The number of hydrogen-bond acceptors (Lipinski definition) is 3. The summed E-state index contributed by atoms with van der Waals surface area (Å²) in [5.74, 6) is -0.225. The van der Waals surface area contributed by atoms with Crippen molar-refractivity contribution in [2.75, 3.05) is 6.61 Å². The summed E-state index contributed by atoms with van der Waals surface area (Å²) in [5.41, 5.74) is -0.484. The maximum Gasteiger partial charge on any atom is 0.312 e. The van der Waals surface area contributed by atoms with Crippen LogP contribution in [0, 0.1) is 11.3 Å². The van der Waals surface area contributed by atoms with Crippen molar-refractivity contribution in [1.82, 2.24) is 0 Å². The first-order valence-corrected chi connectivity index (χ1v) is 6.04. The second-order valence-corrected chi connectivity index (χ2v) is 6.12. The molecule has 1 aliphatic rings. The van der Waals surface area contributed by atoms with Crippen molar-refractivity contribution in [3.63, 3.8) is 0 Å². The Kier molecular flexibility index (Phi) is 3.68. The maximum absolute atomic E-state index is 11.9. The number of hydrogen-bond donors (Lipinski definition) is 0. The molecule has 1 saturated carbocycles. The van der Waals surface area contributed by atoms with Crippen LogP contribution in [0.4, 0.5) is 0 Å². The lowest BCUT2D eigenvalue weighted by Gasteiger charge is -2.19. The van der Waals surface area contributed by atoms with Gasteiger partial charge in [0.05, 0.1) is 12.0 Å². The van der Waals surface area contributed by atoms with Gasteiger partial charge in [-0.1, -0.05) is 20.8 Å². The molecular weight excluding hydrogens is 204 g/mol. The van der Waals surface area contributed by atoms with E-state index in [9.17, 15) is 4.79 Å². The summed E-state index contributed by atoms with van der Waals surface area (Å²) in [4.78, 5) is 11.9. The summed E-state index contributed by atoms with van der Waals surface area (Å²) in [6, 6.07) is 0. The average Bonchev–Trinajstić information content (AvgIpc) is 2.61. The fourth-order valence-corrected chi connectivity index (χ4v) is 1.94. The molecule has 0 saturated heterocycles. The van der Waals surface area contributed by atoms with E-state index < -0.39 is 5.60 Å². The average molecular weight is 228 g/mol. The molecule has 3 heteroatoms. The molecule has 1 aliphatic carbocycles. The monoisotopic (exact) mass is 228 g/mol. The maximum atomic E-state index is 11.9. The van der Waals surface area contributed by atoms with E-state index in [0.29, 0.717) is 6.61 Å². The summed E-state index contributed by atoms with van der Waals surface area (Å²) < 4.78 is 11.1. The summed E-state index contributed by atoms with van der Waals surface area (Å²) in [7, 11) is 0. The predicted molar refractivity (Wildman–Crippen MR) is 63.1 cm³/mol. The van der Waals surface area contributed by atoms with Crippen molar-refractivity contribution in [1.29, 1.82) is 0 Å². The molecule has 0 aromatic carbocycles. The van der Waals surface area contributed by atoms with E-state index in [4.69, 9.17) is 9.47 Å². The summed E-state index contributed by atoms with van der Waals surface area (Å²) in [6.45, 7) is 12.6. The third-order valence-electron chi connectivity index (χ3n) is 2.89. The van der Waals surface area contributed by atoms with Crippen molar-refractivity contribution < 1.29 is 14.3 Å². The minimum absolute atomic E-state index is 0.0299. The molecule has 0 heterocycles. The molecule has 3 nitrogen and oxygen atoms in total. The molecule has 0 aliphatic heterocycles. The highest BCUT2D eigenvalue weighted by Crippen LogP contribution is 2.55. The normalized spacial score (nSPS) is 27.6. The Labute approximate surface area is 98.5 Å². The van der Waals surface area contributed by atoms with Crippen LogP contribution in [0.2, 0.25) is 0 Å². The molecule has 0 aromatic heterocycles. The van der Waals surface area contributed by atoms with E-state index in [2.05, 4.69) is 20.8 Å². The molecule has 0 radical (unpaired) electrons. The van der Waals surface area contributed by atoms with E-state index in [-0.39, 0.29) is 23.4 Å². The van der Waals surface area contributed by atoms with Gasteiger partial charge < -0.3 is 9.47 Å². The standard InChI is InChI=1S/C13H24O3/c1-7-8-15-10-9(13(10,5)6)11(14)16-12(2,3)4/h9-10H,7-8H2,1-6H3. The number of ether oxygens (including phenoxy) is 2. The molecule has 0 aromatic rings. The van der Waals surface area contributed by atoms with Gasteiger partial charge in [-0.05, 0) is 27.2 Å². The first kappa shape index (κ1) is 13.5. The highest BCUT2D eigenvalue weighted by atomic mass is 16.6. The van der Waals surface area contributed by atoms with Gasteiger partial charge in [0.1, 0.15) is 5.60 Å². The van der Waals surface area contributed by atoms with Crippen molar-refractivity contribution in [2.24, 2.45) is 11.3 Å². The lowest BCUT2D eigenvalue weighted by atomic mass is 10.1. The number of rotatable bonds is 4. The predicted octanol–water partition coefficient (Wildman–Crippen LogP) is 2.78. The summed E-state index contributed by atoms with van der Waals surface area (Å²) in [6.07, 6.45) is 1.01. The third kappa shape index (κ3) is 2.97. The Morgan fingerprint density at radius 1 is 1.31 bits per heavy atom. The lowest BCUT2D eigenvalue weighted by molar-refractivity contribution is -0.158. The van der Waals surface area contributed by atoms with Gasteiger partial charge in [-0.3, -0.25) is 4.79 Å². The van der Waals surface area contributed by atoms with Crippen molar-refractivity contribution >= 4 is 5.97 Å². The molecule has 0 bridgehead atoms.